The van der Waals surface area contributed by atoms with Crippen molar-refractivity contribution in [2.75, 3.05) is 26.3 Å². The Kier molecular flexibility index (Phi) is 5.62. The van der Waals surface area contributed by atoms with E-state index in [1.807, 2.05) is 0 Å². The van der Waals surface area contributed by atoms with Gasteiger partial charge in [0.2, 0.25) is 0 Å². The van der Waals surface area contributed by atoms with E-state index in [-0.39, 0.29) is 12.5 Å². The summed E-state index contributed by atoms with van der Waals surface area (Å²) >= 11 is 0. The first-order valence-corrected chi connectivity index (χ1v) is 7.60. The van der Waals surface area contributed by atoms with Gasteiger partial charge < -0.3 is 9.84 Å². The SMILES string of the molecule is CC1CCC(C#N)C(N2CCC(OCCO)CC2)C1. The van der Waals surface area contributed by atoms with Crippen molar-refractivity contribution in [2.24, 2.45) is 11.8 Å². The molecular weight excluding hydrogens is 240 g/mol. The number of aliphatic hydroxyl groups excluding tert-OH is 1. The normalized spacial score (nSPS) is 34.1. The fraction of sp³-hybridized carbons (Fsp3) is 0.933. The molecule has 0 spiro atoms. The lowest BCUT2D eigenvalue weighted by molar-refractivity contribution is -0.0242. The molecule has 1 saturated heterocycles. The van der Waals surface area contributed by atoms with Crippen LogP contribution in [0.1, 0.15) is 39.0 Å². The zero-order valence-electron chi connectivity index (χ0n) is 11.9. The largest absolute Gasteiger partial charge is 0.394 e. The maximum absolute atomic E-state index is 9.32. The molecule has 108 valence electrons. The molecule has 2 rings (SSSR count). The van der Waals surface area contributed by atoms with Crippen LogP contribution < -0.4 is 0 Å². The molecule has 2 fully saturated rings. The third kappa shape index (κ3) is 3.92. The highest BCUT2D eigenvalue weighted by Gasteiger charge is 2.34. The monoisotopic (exact) mass is 266 g/mol. The molecule has 4 heteroatoms. The first-order chi connectivity index (χ1) is 9.24. The van der Waals surface area contributed by atoms with Crippen LogP contribution in [0.15, 0.2) is 0 Å². The second-order valence-electron chi connectivity index (χ2n) is 6.05. The van der Waals surface area contributed by atoms with Crippen molar-refractivity contribution >= 4 is 0 Å². The van der Waals surface area contributed by atoms with E-state index in [4.69, 9.17) is 9.84 Å². The molecule has 0 aromatic heterocycles. The Balaban J connectivity index is 1.84. The molecule has 0 bridgehead atoms. The summed E-state index contributed by atoms with van der Waals surface area (Å²) in [4.78, 5) is 2.50. The predicted octanol–water partition coefficient (Wildman–Crippen LogP) is 1.79. The minimum Gasteiger partial charge on any atom is -0.394 e. The lowest BCUT2D eigenvalue weighted by Gasteiger charge is -2.42. The van der Waals surface area contributed by atoms with Crippen LogP contribution >= 0.6 is 0 Å². The Hall–Kier alpha value is -0.630. The van der Waals surface area contributed by atoms with Crippen LogP contribution in [0.25, 0.3) is 0 Å². The number of rotatable bonds is 4. The van der Waals surface area contributed by atoms with Crippen LogP contribution in [0.5, 0.6) is 0 Å². The minimum atomic E-state index is 0.108. The Bertz CT molecular complexity index is 308. The number of piperidine rings is 1. The van der Waals surface area contributed by atoms with Gasteiger partial charge in [-0.15, -0.1) is 0 Å². The number of likely N-dealkylation sites (tertiary alicyclic amines) is 1. The third-order valence-corrected chi connectivity index (χ3v) is 4.64. The van der Waals surface area contributed by atoms with Gasteiger partial charge in [0.15, 0.2) is 0 Å². The zero-order chi connectivity index (χ0) is 13.7. The molecule has 0 aromatic rings. The predicted molar refractivity (Wildman–Crippen MR) is 73.5 cm³/mol. The van der Waals surface area contributed by atoms with Crippen LogP contribution in [-0.4, -0.2) is 48.5 Å². The summed E-state index contributed by atoms with van der Waals surface area (Å²) in [5.74, 6) is 0.962. The molecule has 1 heterocycles. The highest BCUT2D eigenvalue weighted by Crippen LogP contribution is 2.33. The molecule has 0 amide bonds. The van der Waals surface area contributed by atoms with Crippen molar-refractivity contribution in [2.45, 2.75) is 51.2 Å². The van der Waals surface area contributed by atoms with E-state index in [0.717, 1.165) is 38.3 Å². The van der Waals surface area contributed by atoms with Gasteiger partial charge >= 0.3 is 0 Å². The summed E-state index contributed by atoms with van der Waals surface area (Å²) < 4.78 is 5.60. The molecule has 1 aliphatic carbocycles. The van der Waals surface area contributed by atoms with Crippen molar-refractivity contribution in [3.63, 3.8) is 0 Å². The first kappa shape index (κ1) is 14.8. The van der Waals surface area contributed by atoms with Crippen LogP contribution in [-0.2, 0) is 4.74 Å². The highest BCUT2D eigenvalue weighted by molar-refractivity contribution is 4.98. The van der Waals surface area contributed by atoms with Crippen LogP contribution in [0.4, 0.5) is 0 Å². The second kappa shape index (κ2) is 7.23. The fourth-order valence-corrected chi connectivity index (χ4v) is 3.50. The lowest BCUT2D eigenvalue weighted by atomic mass is 9.78. The van der Waals surface area contributed by atoms with Gasteiger partial charge in [-0.3, -0.25) is 4.90 Å². The second-order valence-corrected chi connectivity index (χ2v) is 6.05. The Labute approximate surface area is 116 Å². The van der Waals surface area contributed by atoms with Gasteiger partial charge in [0.05, 0.1) is 31.3 Å². The van der Waals surface area contributed by atoms with E-state index < -0.39 is 0 Å². The molecular formula is C15H26N2O2. The van der Waals surface area contributed by atoms with Gasteiger partial charge in [0, 0.05) is 19.1 Å². The van der Waals surface area contributed by atoms with E-state index in [1.165, 1.54) is 12.8 Å². The average Bonchev–Trinajstić information content (AvgIpc) is 2.45. The number of nitrogens with zero attached hydrogens (tertiary/aromatic N) is 2. The van der Waals surface area contributed by atoms with E-state index in [2.05, 4.69) is 17.9 Å². The number of ether oxygens (including phenoxy) is 1. The number of aliphatic hydroxyl groups is 1. The Morgan fingerprint density at radius 3 is 2.63 bits per heavy atom. The first-order valence-electron chi connectivity index (χ1n) is 7.60. The number of hydrogen-bond donors (Lipinski definition) is 1. The smallest absolute Gasteiger partial charge is 0.0701 e. The minimum absolute atomic E-state index is 0.108. The highest BCUT2D eigenvalue weighted by atomic mass is 16.5. The summed E-state index contributed by atoms with van der Waals surface area (Å²) in [5.41, 5.74) is 0. The molecule has 0 aromatic carbocycles. The van der Waals surface area contributed by atoms with Crippen LogP contribution in [0.3, 0.4) is 0 Å². The van der Waals surface area contributed by atoms with Gasteiger partial charge in [-0.1, -0.05) is 6.92 Å². The summed E-state index contributed by atoms with van der Waals surface area (Å²) in [7, 11) is 0. The quantitative estimate of drug-likeness (QED) is 0.843. The van der Waals surface area contributed by atoms with Crippen molar-refractivity contribution in [1.29, 1.82) is 5.26 Å². The summed E-state index contributed by atoms with van der Waals surface area (Å²) in [6.45, 7) is 4.93. The summed E-state index contributed by atoms with van der Waals surface area (Å²) in [5, 5.41) is 18.1. The lowest BCUT2D eigenvalue weighted by Crippen LogP contribution is -2.48. The molecule has 3 atom stereocenters. The van der Waals surface area contributed by atoms with Crippen molar-refractivity contribution < 1.29 is 9.84 Å². The molecule has 1 saturated carbocycles. The summed E-state index contributed by atoms with van der Waals surface area (Å²) in [6.07, 6.45) is 5.78. The fourth-order valence-electron chi connectivity index (χ4n) is 3.50. The standard InChI is InChI=1S/C15H26N2O2/c1-12-2-3-13(11-16)15(10-12)17-6-4-14(5-7-17)19-9-8-18/h12-15,18H,2-10H2,1H3. The molecule has 3 unspecified atom stereocenters. The molecule has 1 N–H and O–H groups in total. The van der Waals surface area contributed by atoms with Gasteiger partial charge in [0.25, 0.3) is 0 Å². The maximum Gasteiger partial charge on any atom is 0.0701 e. The molecule has 2 aliphatic rings. The van der Waals surface area contributed by atoms with E-state index >= 15 is 0 Å². The Morgan fingerprint density at radius 1 is 1.26 bits per heavy atom. The molecule has 4 nitrogen and oxygen atoms in total. The van der Waals surface area contributed by atoms with Gasteiger partial charge in [-0.25, -0.2) is 0 Å². The van der Waals surface area contributed by atoms with E-state index in [9.17, 15) is 5.26 Å². The van der Waals surface area contributed by atoms with E-state index in [1.54, 1.807) is 0 Å². The molecule has 19 heavy (non-hydrogen) atoms. The number of hydrogen-bond acceptors (Lipinski definition) is 4. The van der Waals surface area contributed by atoms with Gasteiger partial charge in [-0.2, -0.15) is 5.26 Å². The number of nitriles is 1. The Morgan fingerprint density at radius 2 is 2.00 bits per heavy atom. The van der Waals surface area contributed by atoms with Gasteiger partial charge in [-0.05, 0) is 38.0 Å². The van der Waals surface area contributed by atoms with Crippen molar-refractivity contribution in [3.8, 4) is 6.07 Å². The van der Waals surface area contributed by atoms with Crippen molar-refractivity contribution in [3.05, 3.63) is 0 Å². The van der Waals surface area contributed by atoms with Crippen LogP contribution in [0, 0.1) is 23.2 Å². The van der Waals surface area contributed by atoms with E-state index in [0.29, 0.717) is 18.8 Å². The summed E-state index contributed by atoms with van der Waals surface area (Å²) in [6, 6.07) is 2.96. The average molecular weight is 266 g/mol. The maximum atomic E-state index is 9.32. The van der Waals surface area contributed by atoms with Crippen LogP contribution in [0.2, 0.25) is 0 Å². The van der Waals surface area contributed by atoms with Gasteiger partial charge in [0.1, 0.15) is 0 Å². The zero-order valence-corrected chi connectivity index (χ0v) is 11.9. The van der Waals surface area contributed by atoms with Crippen molar-refractivity contribution in [1.82, 2.24) is 4.90 Å². The topological polar surface area (TPSA) is 56.5 Å². The third-order valence-electron chi connectivity index (χ3n) is 4.64. The molecule has 0 radical (unpaired) electrons. The molecule has 1 aliphatic heterocycles.